The number of carbonyl (C=O) groups excluding carboxylic acids is 1. The van der Waals surface area contributed by atoms with Crippen molar-refractivity contribution in [2.45, 2.75) is 13.8 Å². The number of allylic oxidation sites excluding steroid dienone is 3. The maximum atomic E-state index is 12.2. The molecular formula is C21H19N5O2. The number of hydrogen-bond acceptors (Lipinski definition) is 5. The van der Waals surface area contributed by atoms with Gasteiger partial charge in [0.15, 0.2) is 11.6 Å². The number of amides is 1. The van der Waals surface area contributed by atoms with E-state index < -0.39 is 0 Å². The van der Waals surface area contributed by atoms with E-state index >= 15 is 0 Å². The molecule has 0 aliphatic carbocycles. The van der Waals surface area contributed by atoms with Crippen LogP contribution in [0.2, 0.25) is 0 Å². The first-order chi connectivity index (χ1) is 13.6. The first kappa shape index (κ1) is 18.9. The van der Waals surface area contributed by atoms with Gasteiger partial charge in [-0.3, -0.25) is 4.79 Å². The highest BCUT2D eigenvalue weighted by atomic mass is 16.5. The van der Waals surface area contributed by atoms with E-state index in [0.29, 0.717) is 17.1 Å². The molecule has 0 saturated heterocycles. The van der Waals surface area contributed by atoms with Crippen LogP contribution < -0.4 is 10.1 Å². The molecule has 1 aromatic carbocycles. The third-order valence-electron chi connectivity index (χ3n) is 4.12. The summed E-state index contributed by atoms with van der Waals surface area (Å²) in [6.45, 7) is 3.81. The molecule has 2 heterocycles. The van der Waals surface area contributed by atoms with Gasteiger partial charge in [-0.25, -0.2) is 4.98 Å². The number of fused-ring (bicyclic) bond motifs is 1. The van der Waals surface area contributed by atoms with Crippen molar-refractivity contribution >= 4 is 22.6 Å². The van der Waals surface area contributed by atoms with E-state index in [1.54, 1.807) is 19.3 Å². The summed E-state index contributed by atoms with van der Waals surface area (Å²) in [5, 5.41) is 17.3. The Morgan fingerprint density at radius 1 is 1.36 bits per heavy atom. The smallest absolute Gasteiger partial charge is 0.249 e. The van der Waals surface area contributed by atoms with Crippen LogP contribution in [0.4, 0.5) is 5.82 Å². The minimum absolute atomic E-state index is 0.243. The lowest BCUT2D eigenvalue weighted by Gasteiger charge is -2.12. The van der Waals surface area contributed by atoms with Crippen LogP contribution in [0.25, 0.3) is 16.7 Å². The van der Waals surface area contributed by atoms with Gasteiger partial charge in [-0.1, -0.05) is 30.4 Å². The molecule has 3 rings (SSSR count). The first-order valence-electron chi connectivity index (χ1n) is 8.62. The first-order valence-corrected chi connectivity index (χ1v) is 8.62. The number of nitriles is 1. The summed E-state index contributed by atoms with van der Waals surface area (Å²) < 4.78 is 6.86. The summed E-state index contributed by atoms with van der Waals surface area (Å²) in [7, 11) is 1.59. The molecule has 28 heavy (non-hydrogen) atoms. The van der Waals surface area contributed by atoms with Crippen LogP contribution in [0, 0.1) is 18.3 Å². The largest absolute Gasteiger partial charge is 0.494 e. The van der Waals surface area contributed by atoms with Gasteiger partial charge in [-0.05, 0) is 31.5 Å². The van der Waals surface area contributed by atoms with E-state index in [9.17, 15) is 10.1 Å². The molecule has 140 valence electrons. The summed E-state index contributed by atoms with van der Waals surface area (Å²) in [6.07, 6.45) is 7.94. The standard InChI is InChI=1S/C21H19N5O2/c1-4-5-6-10-19(27)25-21-15(12-22)13-23-26(21)18-11-14(2)16-8-7-9-17(28-3)20(16)24-18/h4-11,13H,1-3H3,(H,25,27)/b5-4+,10-6+. The molecule has 0 aliphatic heterocycles. The lowest BCUT2D eigenvalue weighted by molar-refractivity contribution is -0.111. The van der Waals surface area contributed by atoms with Crippen LogP contribution in [-0.4, -0.2) is 27.8 Å². The van der Waals surface area contributed by atoms with Crippen molar-refractivity contribution in [2.24, 2.45) is 0 Å². The van der Waals surface area contributed by atoms with Gasteiger partial charge >= 0.3 is 0 Å². The Morgan fingerprint density at radius 2 is 2.18 bits per heavy atom. The van der Waals surface area contributed by atoms with E-state index in [2.05, 4.69) is 15.4 Å². The van der Waals surface area contributed by atoms with Gasteiger partial charge in [0.1, 0.15) is 22.9 Å². The quantitative estimate of drug-likeness (QED) is 0.544. The number of ether oxygens (including phenoxy) is 1. The van der Waals surface area contributed by atoms with Crippen LogP contribution in [-0.2, 0) is 4.79 Å². The summed E-state index contributed by atoms with van der Waals surface area (Å²) in [5.41, 5.74) is 1.89. The average molecular weight is 373 g/mol. The summed E-state index contributed by atoms with van der Waals surface area (Å²) in [4.78, 5) is 16.8. The van der Waals surface area contributed by atoms with Crippen LogP contribution in [0.15, 0.2) is 54.8 Å². The summed E-state index contributed by atoms with van der Waals surface area (Å²) in [5.74, 6) is 1.00. The lowest BCUT2D eigenvalue weighted by Crippen LogP contribution is -2.14. The Labute approximate surface area is 162 Å². The number of methoxy groups -OCH3 is 1. The lowest BCUT2D eigenvalue weighted by atomic mass is 10.1. The highest BCUT2D eigenvalue weighted by molar-refractivity contribution is 6.00. The monoisotopic (exact) mass is 373 g/mol. The number of benzene rings is 1. The van der Waals surface area contributed by atoms with Gasteiger partial charge in [0.05, 0.1) is 13.3 Å². The molecule has 0 aliphatic rings. The van der Waals surface area contributed by atoms with Crippen molar-refractivity contribution in [3.63, 3.8) is 0 Å². The fourth-order valence-electron chi connectivity index (χ4n) is 2.78. The molecule has 3 aromatic rings. The van der Waals surface area contributed by atoms with E-state index in [0.717, 1.165) is 10.9 Å². The molecule has 0 fully saturated rings. The molecule has 0 saturated carbocycles. The third kappa shape index (κ3) is 3.62. The second-order valence-electron chi connectivity index (χ2n) is 5.96. The van der Waals surface area contributed by atoms with Crippen LogP contribution in [0.3, 0.4) is 0 Å². The Morgan fingerprint density at radius 3 is 2.89 bits per heavy atom. The predicted molar refractivity (Wildman–Crippen MR) is 107 cm³/mol. The molecule has 0 radical (unpaired) electrons. The molecule has 1 amide bonds. The van der Waals surface area contributed by atoms with Crippen molar-refractivity contribution in [1.29, 1.82) is 5.26 Å². The minimum Gasteiger partial charge on any atom is -0.494 e. The predicted octanol–water partition coefficient (Wildman–Crippen LogP) is 3.68. The minimum atomic E-state index is -0.369. The average Bonchev–Trinajstić information content (AvgIpc) is 3.10. The number of nitrogens with zero attached hydrogens (tertiary/aromatic N) is 4. The molecule has 0 bridgehead atoms. The fraction of sp³-hybridized carbons (Fsp3) is 0.143. The Kier molecular flexibility index (Phi) is 5.51. The SMILES string of the molecule is C/C=C/C=C/C(=O)Nc1c(C#N)cnn1-c1cc(C)c2cccc(OC)c2n1. The maximum Gasteiger partial charge on any atom is 0.249 e. The molecule has 1 N–H and O–H groups in total. The van der Waals surface area contributed by atoms with Crippen molar-refractivity contribution in [1.82, 2.24) is 14.8 Å². The van der Waals surface area contributed by atoms with Crippen molar-refractivity contribution in [3.05, 3.63) is 65.9 Å². The van der Waals surface area contributed by atoms with Crippen LogP contribution in [0.5, 0.6) is 5.75 Å². The molecular weight excluding hydrogens is 354 g/mol. The van der Waals surface area contributed by atoms with Gasteiger partial charge in [0.25, 0.3) is 0 Å². The third-order valence-corrected chi connectivity index (χ3v) is 4.12. The number of pyridine rings is 1. The number of hydrogen-bond donors (Lipinski definition) is 1. The van der Waals surface area contributed by atoms with Crippen molar-refractivity contribution in [2.75, 3.05) is 12.4 Å². The van der Waals surface area contributed by atoms with E-state index in [-0.39, 0.29) is 17.3 Å². The van der Waals surface area contributed by atoms with E-state index in [4.69, 9.17) is 4.74 Å². The second kappa shape index (κ2) is 8.18. The molecule has 7 heteroatoms. The molecule has 0 atom stereocenters. The maximum absolute atomic E-state index is 12.2. The zero-order valence-electron chi connectivity index (χ0n) is 15.8. The number of carbonyl (C=O) groups is 1. The Balaban J connectivity index is 2.11. The van der Waals surface area contributed by atoms with Gasteiger partial charge in [-0.2, -0.15) is 15.0 Å². The number of rotatable bonds is 5. The fourth-order valence-corrected chi connectivity index (χ4v) is 2.78. The number of nitrogens with one attached hydrogen (secondary N) is 1. The Bertz CT molecular complexity index is 1140. The number of anilines is 1. The number of aryl methyl sites for hydroxylation is 1. The van der Waals surface area contributed by atoms with Gasteiger partial charge in [-0.15, -0.1) is 0 Å². The van der Waals surface area contributed by atoms with Crippen LogP contribution in [0.1, 0.15) is 18.1 Å². The van der Waals surface area contributed by atoms with Crippen molar-refractivity contribution in [3.8, 4) is 17.6 Å². The highest BCUT2D eigenvalue weighted by Gasteiger charge is 2.17. The summed E-state index contributed by atoms with van der Waals surface area (Å²) >= 11 is 0. The van der Waals surface area contributed by atoms with Gasteiger partial charge in [0, 0.05) is 11.5 Å². The van der Waals surface area contributed by atoms with Gasteiger partial charge in [0.2, 0.25) is 5.91 Å². The normalized spacial score (nSPS) is 11.2. The topological polar surface area (TPSA) is 92.8 Å². The summed E-state index contributed by atoms with van der Waals surface area (Å²) in [6, 6.07) is 9.59. The molecule has 7 nitrogen and oxygen atoms in total. The molecule has 2 aromatic heterocycles. The van der Waals surface area contributed by atoms with Gasteiger partial charge < -0.3 is 10.1 Å². The second-order valence-corrected chi connectivity index (χ2v) is 5.96. The van der Waals surface area contributed by atoms with E-state index in [1.807, 2.05) is 50.3 Å². The number of para-hydroxylation sites is 1. The van der Waals surface area contributed by atoms with E-state index in [1.165, 1.54) is 17.0 Å². The van der Waals surface area contributed by atoms with Crippen molar-refractivity contribution < 1.29 is 9.53 Å². The molecule has 0 unspecified atom stereocenters. The highest BCUT2D eigenvalue weighted by Crippen LogP contribution is 2.28. The zero-order valence-corrected chi connectivity index (χ0v) is 15.8. The zero-order chi connectivity index (χ0) is 20.1. The van der Waals surface area contributed by atoms with Crippen LogP contribution >= 0.6 is 0 Å². The molecule has 0 spiro atoms. The number of aromatic nitrogens is 3. The Hall–Kier alpha value is -3.92.